The summed E-state index contributed by atoms with van der Waals surface area (Å²) in [7, 11) is 0. The summed E-state index contributed by atoms with van der Waals surface area (Å²) in [5, 5.41) is 7.13. The third-order valence-electron chi connectivity index (χ3n) is 5.31. The van der Waals surface area contributed by atoms with Gasteiger partial charge in [-0.05, 0) is 55.0 Å². The van der Waals surface area contributed by atoms with E-state index < -0.39 is 0 Å². The number of aryl methyl sites for hydroxylation is 1. The molecule has 2 aromatic heterocycles. The molecule has 0 aromatic carbocycles. The van der Waals surface area contributed by atoms with Crippen molar-refractivity contribution in [2.24, 2.45) is 0 Å². The van der Waals surface area contributed by atoms with Gasteiger partial charge in [-0.3, -0.25) is 14.6 Å². The molecular formula is C19H22N4O2S. The Kier molecular flexibility index (Phi) is 4.72. The average molecular weight is 370 g/mol. The van der Waals surface area contributed by atoms with E-state index in [4.69, 9.17) is 0 Å². The van der Waals surface area contributed by atoms with Gasteiger partial charge in [-0.15, -0.1) is 0 Å². The maximum atomic E-state index is 12.7. The van der Waals surface area contributed by atoms with Gasteiger partial charge in [-0.25, -0.2) is 4.98 Å². The molecule has 2 fully saturated rings. The molecule has 2 bridgehead atoms. The Labute approximate surface area is 156 Å². The largest absolute Gasteiger partial charge is 0.348 e. The van der Waals surface area contributed by atoms with Crippen LogP contribution in [-0.2, 0) is 11.2 Å². The van der Waals surface area contributed by atoms with Crippen LogP contribution in [0.4, 0.5) is 0 Å². The first-order valence-electron chi connectivity index (χ1n) is 9.02. The molecule has 1 N–H and O–H groups in total. The van der Waals surface area contributed by atoms with Gasteiger partial charge in [0.1, 0.15) is 5.69 Å². The van der Waals surface area contributed by atoms with E-state index in [0.717, 1.165) is 36.9 Å². The molecule has 2 aliphatic rings. The first kappa shape index (κ1) is 17.1. The molecule has 136 valence electrons. The Balaban J connectivity index is 1.37. The normalized spacial score (nSPS) is 24.5. The van der Waals surface area contributed by atoms with E-state index in [1.807, 2.05) is 23.8 Å². The molecular weight excluding hydrogens is 348 g/mol. The van der Waals surface area contributed by atoms with Gasteiger partial charge in [0.2, 0.25) is 5.91 Å². The molecule has 4 rings (SSSR count). The molecule has 2 aromatic rings. The first-order valence-corrected chi connectivity index (χ1v) is 9.96. The number of fused-ring (bicyclic) bond motifs is 2. The summed E-state index contributed by atoms with van der Waals surface area (Å²) >= 11 is 1.62. The van der Waals surface area contributed by atoms with Gasteiger partial charge < -0.3 is 10.2 Å². The molecule has 4 heterocycles. The van der Waals surface area contributed by atoms with Gasteiger partial charge in [-0.2, -0.15) is 11.3 Å². The minimum Gasteiger partial charge on any atom is -0.348 e. The zero-order valence-electron chi connectivity index (χ0n) is 14.7. The number of nitrogens with zero attached hydrogens (tertiary/aromatic N) is 3. The Bertz CT molecular complexity index is 776. The van der Waals surface area contributed by atoms with E-state index in [2.05, 4.69) is 20.2 Å². The molecule has 6 nitrogen and oxygen atoms in total. The summed E-state index contributed by atoms with van der Waals surface area (Å²) in [6, 6.07) is 2.57. The van der Waals surface area contributed by atoms with E-state index in [1.165, 1.54) is 6.20 Å². The molecule has 1 unspecified atom stereocenters. The van der Waals surface area contributed by atoms with Crippen LogP contribution in [0.2, 0.25) is 0 Å². The average Bonchev–Trinajstić information content (AvgIpc) is 3.21. The van der Waals surface area contributed by atoms with Crippen LogP contribution in [0, 0.1) is 6.92 Å². The predicted octanol–water partition coefficient (Wildman–Crippen LogP) is 2.34. The quantitative estimate of drug-likeness (QED) is 0.896. The SMILES string of the molecule is Cc1cnc(C(=O)NC2C[C@H]3CC[C@@H](C2)N3C(=O)Cc2ccsc2)cn1. The van der Waals surface area contributed by atoms with Crippen molar-refractivity contribution in [3.63, 3.8) is 0 Å². The van der Waals surface area contributed by atoms with Crippen molar-refractivity contribution in [1.82, 2.24) is 20.2 Å². The minimum absolute atomic E-state index is 0.0910. The summed E-state index contributed by atoms with van der Waals surface area (Å²) < 4.78 is 0. The van der Waals surface area contributed by atoms with Crippen molar-refractivity contribution in [3.05, 3.63) is 46.2 Å². The number of hydrogen-bond acceptors (Lipinski definition) is 5. The number of rotatable bonds is 4. The number of carbonyl (C=O) groups excluding carboxylic acids is 2. The lowest BCUT2D eigenvalue weighted by Gasteiger charge is -2.39. The Morgan fingerprint density at radius 2 is 2.00 bits per heavy atom. The highest BCUT2D eigenvalue weighted by Crippen LogP contribution is 2.36. The molecule has 0 radical (unpaired) electrons. The third-order valence-corrected chi connectivity index (χ3v) is 6.04. The summed E-state index contributed by atoms with van der Waals surface area (Å²) in [6.45, 7) is 1.84. The van der Waals surface area contributed by atoms with Gasteiger partial charge in [-0.1, -0.05) is 0 Å². The fourth-order valence-electron chi connectivity index (χ4n) is 4.13. The molecule has 0 saturated carbocycles. The van der Waals surface area contributed by atoms with Gasteiger partial charge >= 0.3 is 0 Å². The maximum Gasteiger partial charge on any atom is 0.271 e. The lowest BCUT2D eigenvalue weighted by molar-refractivity contribution is -0.135. The van der Waals surface area contributed by atoms with Gasteiger partial charge in [0.05, 0.1) is 18.3 Å². The second-order valence-electron chi connectivity index (χ2n) is 7.18. The van der Waals surface area contributed by atoms with E-state index in [-0.39, 0.29) is 29.9 Å². The van der Waals surface area contributed by atoms with Gasteiger partial charge in [0, 0.05) is 24.3 Å². The highest BCUT2D eigenvalue weighted by molar-refractivity contribution is 7.08. The monoisotopic (exact) mass is 370 g/mol. The molecule has 7 heteroatoms. The van der Waals surface area contributed by atoms with Crippen LogP contribution < -0.4 is 5.32 Å². The minimum atomic E-state index is -0.181. The summed E-state index contributed by atoms with van der Waals surface area (Å²) in [5.74, 6) is 0.0324. The summed E-state index contributed by atoms with van der Waals surface area (Å²) in [5.41, 5.74) is 2.23. The highest BCUT2D eigenvalue weighted by Gasteiger charge is 2.43. The second-order valence-corrected chi connectivity index (χ2v) is 7.96. The Morgan fingerprint density at radius 1 is 1.23 bits per heavy atom. The van der Waals surface area contributed by atoms with Gasteiger partial charge in [0.25, 0.3) is 5.91 Å². The van der Waals surface area contributed by atoms with E-state index in [0.29, 0.717) is 12.1 Å². The number of thiophene rings is 1. The number of carbonyl (C=O) groups is 2. The number of piperidine rings is 1. The topological polar surface area (TPSA) is 75.2 Å². The smallest absolute Gasteiger partial charge is 0.271 e. The lowest BCUT2D eigenvalue weighted by atomic mass is 9.96. The van der Waals surface area contributed by atoms with Crippen molar-refractivity contribution < 1.29 is 9.59 Å². The van der Waals surface area contributed by atoms with Crippen molar-refractivity contribution in [2.45, 2.75) is 57.2 Å². The van der Waals surface area contributed by atoms with Crippen molar-refractivity contribution >= 4 is 23.2 Å². The molecule has 2 aliphatic heterocycles. The summed E-state index contributed by atoms with van der Waals surface area (Å²) in [4.78, 5) is 35.5. The number of amides is 2. The highest BCUT2D eigenvalue weighted by atomic mass is 32.1. The Hall–Kier alpha value is -2.28. The van der Waals surface area contributed by atoms with Crippen LogP contribution in [0.3, 0.4) is 0 Å². The van der Waals surface area contributed by atoms with Crippen LogP contribution in [0.1, 0.15) is 47.4 Å². The predicted molar refractivity (Wildman–Crippen MR) is 98.9 cm³/mol. The van der Waals surface area contributed by atoms with Crippen LogP contribution in [-0.4, -0.2) is 44.8 Å². The number of nitrogens with one attached hydrogen (secondary N) is 1. The Morgan fingerprint density at radius 3 is 2.62 bits per heavy atom. The van der Waals surface area contributed by atoms with Crippen LogP contribution in [0.5, 0.6) is 0 Å². The number of hydrogen-bond donors (Lipinski definition) is 1. The van der Waals surface area contributed by atoms with E-state index >= 15 is 0 Å². The molecule has 26 heavy (non-hydrogen) atoms. The van der Waals surface area contributed by atoms with Crippen LogP contribution >= 0.6 is 11.3 Å². The van der Waals surface area contributed by atoms with Crippen molar-refractivity contribution in [3.8, 4) is 0 Å². The zero-order chi connectivity index (χ0) is 18.1. The molecule has 0 aliphatic carbocycles. The second kappa shape index (κ2) is 7.15. The number of aromatic nitrogens is 2. The zero-order valence-corrected chi connectivity index (χ0v) is 15.5. The fourth-order valence-corrected chi connectivity index (χ4v) is 4.80. The van der Waals surface area contributed by atoms with Crippen LogP contribution in [0.15, 0.2) is 29.2 Å². The van der Waals surface area contributed by atoms with E-state index in [9.17, 15) is 9.59 Å². The summed E-state index contributed by atoms with van der Waals surface area (Å²) in [6.07, 6.45) is 7.27. The fraction of sp³-hybridized carbons (Fsp3) is 0.474. The molecule has 3 atom stereocenters. The van der Waals surface area contributed by atoms with E-state index in [1.54, 1.807) is 17.5 Å². The molecule has 2 saturated heterocycles. The van der Waals surface area contributed by atoms with Crippen molar-refractivity contribution in [1.29, 1.82) is 0 Å². The molecule has 0 spiro atoms. The first-order chi connectivity index (χ1) is 12.6. The molecule has 2 amide bonds. The lowest BCUT2D eigenvalue weighted by Crippen LogP contribution is -2.52. The van der Waals surface area contributed by atoms with Gasteiger partial charge in [0.15, 0.2) is 0 Å². The standard InChI is InChI=1S/C19H22N4O2S/c1-12-9-21-17(10-20-12)19(25)22-14-7-15-2-3-16(8-14)23(15)18(24)6-13-4-5-26-11-13/h4-5,9-11,14-16H,2-3,6-8H2,1H3,(H,22,25)/t14?,15-,16+. The third kappa shape index (κ3) is 3.49. The maximum absolute atomic E-state index is 12.7. The van der Waals surface area contributed by atoms with Crippen molar-refractivity contribution in [2.75, 3.05) is 0 Å². The van der Waals surface area contributed by atoms with Crippen LogP contribution in [0.25, 0.3) is 0 Å².